The minimum atomic E-state index is 0.196. The van der Waals surface area contributed by atoms with Gasteiger partial charge in [0, 0.05) is 12.1 Å². The summed E-state index contributed by atoms with van der Waals surface area (Å²) in [7, 11) is 0. The van der Waals surface area contributed by atoms with Crippen LogP contribution in [0.2, 0.25) is 0 Å². The van der Waals surface area contributed by atoms with E-state index >= 15 is 0 Å². The van der Waals surface area contributed by atoms with Gasteiger partial charge in [0.2, 0.25) is 0 Å². The average Bonchev–Trinajstić information content (AvgIpc) is 1.99. The molecule has 0 bridgehead atoms. The van der Waals surface area contributed by atoms with Crippen LogP contribution >= 0.6 is 0 Å². The van der Waals surface area contributed by atoms with E-state index in [9.17, 15) is 0 Å². The molecule has 1 heteroatoms. The van der Waals surface area contributed by atoms with E-state index in [2.05, 4.69) is 59.5 Å². The van der Waals surface area contributed by atoms with E-state index in [0.29, 0.717) is 0 Å². The van der Waals surface area contributed by atoms with Crippen LogP contribution in [0.15, 0.2) is 12.7 Å². The van der Waals surface area contributed by atoms with Crippen LogP contribution in [0.1, 0.15) is 48.0 Å². The van der Waals surface area contributed by atoms with Gasteiger partial charge in [0.15, 0.2) is 0 Å². The lowest BCUT2D eigenvalue weighted by Gasteiger charge is -2.32. The fourth-order valence-electron chi connectivity index (χ4n) is 1.63. The van der Waals surface area contributed by atoms with Crippen molar-refractivity contribution in [2.45, 2.75) is 53.5 Å². The van der Waals surface area contributed by atoms with Crippen molar-refractivity contribution in [2.75, 3.05) is 6.54 Å². The van der Waals surface area contributed by atoms with Crippen LogP contribution in [0, 0.1) is 11.3 Å². The van der Waals surface area contributed by atoms with E-state index in [-0.39, 0.29) is 11.0 Å². The Labute approximate surface area is 90.0 Å². The fraction of sp³-hybridized carbons (Fsp3) is 0.846. The Bertz CT molecular complexity index is 176. The Balaban J connectivity index is 4.19. The molecule has 1 N–H and O–H groups in total. The van der Waals surface area contributed by atoms with Crippen LogP contribution in [-0.4, -0.2) is 12.1 Å². The topological polar surface area (TPSA) is 12.0 Å². The largest absolute Gasteiger partial charge is 0.311 e. The monoisotopic (exact) mass is 197 g/mol. The van der Waals surface area contributed by atoms with Gasteiger partial charge in [-0.15, -0.1) is 6.58 Å². The van der Waals surface area contributed by atoms with Crippen molar-refractivity contribution in [3.05, 3.63) is 12.7 Å². The highest BCUT2D eigenvalue weighted by Gasteiger charge is 2.23. The first-order valence-corrected chi connectivity index (χ1v) is 5.57. The highest BCUT2D eigenvalue weighted by molar-refractivity contribution is 4.94. The second-order valence-electron chi connectivity index (χ2n) is 6.06. The van der Waals surface area contributed by atoms with Gasteiger partial charge in [0.05, 0.1) is 0 Å². The summed E-state index contributed by atoms with van der Waals surface area (Å²) >= 11 is 0. The van der Waals surface area contributed by atoms with E-state index < -0.39 is 0 Å². The van der Waals surface area contributed by atoms with Crippen molar-refractivity contribution in [2.24, 2.45) is 11.3 Å². The molecule has 0 radical (unpaired) electrons. The zero-order valence-electron chi connectivity index (χ0n) is 10.8. The molecule has 0 heterocycles. The smallest absolute Gasteiger partial charge is 0.00968 e. The quantitative estimate of drug-likeness (QED) is 0.664. The Morgan fingerprint density at radius 3 is 2.00 bits per heavy atom. The maximum atomic E-state index is 3.95. The maximum Gasteiger partial charge on any atom is 0.00968 e. The predicted molar refractivity (Wildman–Crippen MR) is 65.5 cm³/mol. The molecule has 0 aromatic heterocycles. The summed E-state index contributed by atoms with van der Waals surface area (Å²) in [6, 6.07) is 0. The van der Waals surface area contributed by atoms with Crippen LogP contribution in [0.3, 0.4) is 0 Å². The number of hydrogen-bond acceptors (Lipinski definition) is 1. The Kier molecular flexibility index (Phi) is 4.87. The summed E-state index contributed by atoms with van der Waals surface area (Å²) in [5, 5.41) is 3.55. The second-order valence-corrected chi connectivity index (χ2v) is 6.06. The molecule has 0 saturated heterocycles. The molecule has 0 spiro atoms. The molecular formula is C13H27N. The summed E-state index contributed by atoms with van der Waals surface area (Å²) in [6.45, 7) is 18.4. The lowest BCUT2D eigenvalue weighted by Crippen LogP contribution is -2.42. The summed E-state index contributed by atoms with van der Waals surface area (Å²) < 4.78 is 0. The van der Waals surface area contributed by atoms with Crippen molar-refractivity contribution in [3.63, 3.8) is 0 Å². The predicted octanol–water partition coefficient (Wildman–Crippen LogP) is 3.61. The second kappa shape index (κ2) is 4.97. The minimum Gasteiger partial charge on any atom is -0.311 e. The van der Waals surface area contributed by atoms with Crippen molar-refractivity contribution >= 4 is 0 Å². The molecule has 0 aliphatic heterocycles. The normalized spacial score (nSPS) is 16.8. The first-order chi connectivity index (χ1) is 6.18. The van der Waals surface area contributed by atoms with Crippen LogP contribution < -0.4 is 5.32 Å². The molecular weight excluding hydrogens is 170 g/mol. The van der Waals surface area contributed by atoms with E-state index in [1.54, 1.807) is 0 Å². The molecule has 0 aliphatic rings. The van der Waals surface area contributed by atoms with Crippen LogP contribution in [0.4, 0.5) is 0 Å². The Morgan fingerprint density at radius 1 is 1.21 bits per heavy atom. The summed E-state index contributed by atoms with van der Waals surface area (Å²) in [5.74, 6) is 0.722. The van der Waals surface area contributed by atoms with Gasteiger partial charge in [-0.2, -0.15) is 0 Å². The molecule has 84 valence electrons. The lowest BCUT2D eigenvalue weighted by molar-refractivity contribution is 0.279. The summed E-state index contributed by atoms with van der Waals surface area (Å²) in [4.78, 5) is 0. The van der Waals surface area contributed by atoms with Gasteiger partial charge in [0.25, 0.3) is 0 Å². The van der Waals surface area contributed by atoms with Crippen LogP contribution in [0.25, 0.3) is 0 Å². The number of nitrogens with one attached hydrogen (secondary N) is 1. The van der Waals surface area contributed by atoms with Gasteiger partial charge in [-0.1, -0.05) is 26.8 Å². The van der Waals surface area contributed by atoms with Crippen molar-refractivity contribution in [1.29, 1.82) is 0 Å². The molecule has 1 atom stereocenters. The van der Waals surface area contributed by atoms with Gasteiger partial charge in [-0.3, -0.25) is 0 Å². The van der Waals surface area contributed by atoms with E-state index in [1.165, 1.54) is 6.42 Å². The van der Waals surface area contributed by atoms with Crippen LogP contribution in [-0.2, 0) is 0 Å². The molecule has 0 aromatic carbocycles. The SMILES string of the molecule is C=CC(C)(CNC(C)(C)C)CC(C)C. The van der Waals surface area contributed by atoms with Crippen LogP contribution in [0.5, 0.6) is 0 Å². The lowest BCUT2D eigenvalue weighted by atomic mass is 9.81. The zero-order valence-corrected chi connectivity index (χ0v) is 10.8. The molecule has 0 aromatic rings. The van der Waals surface area contributed by atoms with Gasteiger partial charge in [-0.25, -0.2) is 0 Å². The van der Waals surface area contributed by atoms with Crippen molar-refractivity contribution in [1.82, 2.24) is 5.32 Å². The standard InChI is InChI=1S/C13H27N/c1-8-13(7,9-11(2)3)10-14-12(4,5)6/h8,11,14H,1,9-10H2,2-7H3. The van der Waals surface area contributed by atoms with E-state index in [4.69, 9.17) is 0 Å². The maximum absolute atomic E-state index is 3.95. The van der Waals surface area contributed by atoms with Crippen molar-refractivity contribution in [3.8, 4) is 0 Å². The molecule has 14 heavy (non-hydrogen) atoms. The average molecular weight is 197 g/mol. The molecule has 1 nitrogen and oxygen atoms in total. The molecule has 0 saturated carbocycles. The summed E-state index contributed by atoms with van der Waals surface area (Å²) in [5.41, 5.74) is 0.419. The molecule has 0 aliphatic carbocycles. The zero-order chi connectivity index (χ0) is 11.4. The molecule has 0 fully saturated rings. The Morgan fingerprint density at radius 2 is 1.71 bits per heavy atom. The molecule has 0 amide bonds. The third-order valence-electron chi connectivity index (χ3n) is 2.39. The third-order valence-corrected chi connectivity index (χ3v) is 2.39. The first kappa shape index (κ1) is 13.7. The minimum absolute atomic E-state index is 0.196. The Hall–Kier alpha value is -0.300. The van der Waals surface area contributed by atoms with Gasteiger partial charge < -0.3 is 5.32 Å². The van der Waals surface area contributed by atoms with E-state index in [0.717, 1.165) is 12.5 Å². The third kappa shape index (κ3) is 6.20. The molecule has 0 rings (SSSR count). The number of rotatable bonds is 5. The van der Waals surface area contributed by atoms with Crippen molar-refractivity contribution < 1.29 is 0 Å². The molecule has 1 unspecified atom stereocenters. The van der Waals surface area contributed by atoms with Gasteiger partial charge >= 0.3 is 0 Å². The highest BCUT2D eigenvalue weighted by atomic mass is 15.0. The number of hydrogen-bond donors (Lipinski definition) is 1. The first-order valence-electron chi connectivity index (χ1n) is 5.57. The van der Waals surface area contributed by atoms with Gasteiger partial charge in [0.1, 0.15) is 0 Å². The van der Waals surface area contributed by atoms with Gasteiger partial charge in [-0.05, 0) is 38.5 Å². The van der Waals surface area contributed by atoms with E-state index in [1.807, 2.05) is 0 Å². The summed E-state index contributed by atoms with van der Waals surface area (Å²) in [6.07, 6.45) is 3.28. The fourth-order valence-corrected chi connectivity index (χ4v) is 1.63. The highest BCUT2D eigenvalue weighted by Crippen LogP contribution is 2.26.